The lowest BCUT2D eigenvalue weighted by molar-refractivity contribution is 0.414. The van der Waals surface area contributed by atoms with Crippen LogP contribution in [0.3, 0.4) is 0 Å². The molecule has 0 saturated carbocycles. The average Bonchev–Trinajstić information content (AvgIpc) is 2.80. The fourth-order valence-corrected chi connectivity index (χ4v) is 3.52. The summed E-state index contributed by atoms with van der Waals surface area (Å²) in [5.74, 6) is 2.46. The van der Waals surface area contributed by atoms with Crippen molar-refractivity contribution in [3.63, 3.8) is 0 Å². The molecule has 0 spiro atoms. The summed E-state index contributed by atoms with van der Waals surface area (Å²) in [5.41, 5.74) is 3.06. The van der Waals surface area contributed by atoms with Crippen LogP contribution < -0.4 is 14.4 Å². The zero-order chi connectivity index (χ0) is 19.9. The number of piperidine rings is 1. The largest absolute Gasteiger partial charge is 0.496 e. The summed E-state index contributed by atoms with van der Waals surface area (Å²) in [7, 11) is 1.71. The van der Waals surface area contributed by atoms with E-state index in [1.807, 2.05) is 60.8 Å². The van der Waals surface area contributed by atoms with Gasteiger partial charge in [-0.3, -0.25) is 4.99 Å². The minimum atomic E-state index is 0.790. The third-order valence-electron chi connectivity index (χ3n) is 5.11. The van der Waals surface area contributed by atoms with Crippen molar-refractivity contribution in [3.8, 4) is 17.2 Å². The second-order valence-corrected chi connectivity index (χ2v) is 7.14. The number of methoxy groups -OCH3 is 1. The number of anilines is 1. The van der Waals surface area contributed by atoms with E-state index in [0.717, 1.165) is 41.6 Å². The van der Waals surface area contributed by atoms with Crippen LogP contribution in [0.25, 0.3) is 0 Å². The van der Waals surface area contributed by atoms with E-state index in [9.17, 15) is 0 Å². The number of hydrogen-bond donors (Lipinski definition) is 0. The highest BCUT2D eigenvalue weighted by molar-refractivity contribution is 5.86. The van der Waals surface area contributed by atoms with Gasteiger partial charge in [0.1, 0.15) is 17.2 Å². The Kier molecular flexibility index (Phi) is 6.10. The third kappa shape index (κ3) is 4.96. The van der Waals surface area contributed by atoms with Gasteiger partial charge in [0, 0.05) is 36.6 Å². The van der Waals surface area contributed by atoms with E-state index in [0.29, 0.717) is 0 Å². The Morgan fingerprint density at radius 2 is 1.55 bits per heavy atom. The predicted octanol–water partition coefficient (Wildman–Crippen LogP) is 6.23. The molecule has 0 aliphatic carbocycles. The lowest BCUT2D eigenvalue weighted by Crippen LogP contribution is -2.29. The van der Waals surface area contributed by atoms with Crippen molar-refractivity contribution < 1.29 is 9.47 Å². The van der Waals surface area contributed by atoms with Gasteiger partial charge in [0.15, 0.2) is 0 Å². The van der Waals surface area contributed by atoms with Crippen LogP contribution in [0, 0.1) is 0 Å². The molecule has 29 heavy (non-hydrogen) atoms. The summed E-state index contributed by atoms with van der Waals surface area (Å²) in [6.45, 7) is 2.24. The monoisotopic (exact) mass is 386 g/mol. The summed E-state index contributed by atoms with van der Waals surface area (Å²) in [6.07, 6.45) is 5.70. The highest BCUT2D eigenvalue weighted by atomic mass is 16.5. The summed E-state index contributed by atoms with van der Waals surface area (Å²) in [5, 5.41) is 0. The molecule has 148 valence electrons. The number of benzene rings is 3. The molecule has 0 atom stereocenters. The predicted molar refractivity (Wildman–Crippen MR) is 119 cm³/mol. The zero-order valence-corrected chi connectivity index (χ0v) is 16.8. The standard InChI is InChI=1S/C25H26N2O2/c1-28-25-18-22(27-16-6-3-7-17-27)13-10-20(25)19-26-21-11-14-24(15-12-21)29-23-8-4-2-5-9-23/h2,4-5,8-15,18-19H,3,6-7,16-17H2,1H3. The van der Waals surface area contributed by atoms with Crippen molar-refractivity contribution in [2.45, 2.75) is 19.3 Å². The molecule has 1 aliphatic rings. The van der Waals surface area contributed by atoms with Crippen molar-refractivity contribution in [2.75, 3.05) is 25.1 Å². The first-order valence-corrected chi connectivity index (χ1v) is 10.1. The lowest BCUT2D eigenvalue weighted by atomic mass is 10.1. The van der Waals surface area contributed by atoms with Gasteiger partial charge in [0.2, 0.25) is 0 Å². The van der Waals surface area contributed by atoms with Gasteiger partial charge in [-0.2, -0.15) is 0 Å². The van der Waals surface area contributed by atoms with E-state index < -0.39 is 0 Å². The van der Waals surface area contributed by atoms with E-state index >= 15 is 0 Å². The van der Waals surface area contributed by atoms with Crippen molar-refractivity contribution in [2.24, 2.45) is 4.99 Å². The van der Waals surface area contributed by atoms with Crippen LogP contribution in [0.15, 0.2) is 77.8 Å². The van der Waals surface area contributed by atoms with Crippen LogP contribution in [-0.4, -0.2) is 26.4 Å². The summed E-state index contributed by atoms with van der Waals surface area (Å²) < 4.78 is 11.4. The van der Waals surface area contributed by atoms with Gasteiger partial charge in [-0.1, -0.05) is 18.2 Å². The van der Waals surface area contributed by atoms with E-state index in [2.05, 4.69) is 28.1 Å². The molecule has 1 aliphatic heterocycles. The minimum Gasteiger partial charge on any atom is -0.496 e. The van der Waals surface area contributed by atoms with Gasteiger partial charge >= 0.3 is 0 Å². The second-order valence-electron chi connectivity index (χ2n) is 7.14. The van der Waals surface area contributed by atoms with Gasteiger partial charge in [-0.25, -0.2) is 0 Å². The molecule has 0 unspecified atom stereocenters. The molecule has 3 aromatic carbocycles. The Hall–Kier alpha value is -3.27. The molecule has 1 heterocycles. The number of hydrogen-bond acceptors (Lipinski definition) is 4. The van der Waals surface area contributed by atoms with E-state index in [-0.39, 0.29) is 0 Å². The average molecular weight is 386 g/mol. The summed E-state index contributed by atoms with van der Waals surface area (Å²) in [4.78, 5) is 7.03. The maximum Gasteiger partial charge on any atom is 0.129 e. The maximum atomic E-state index is 5.83. The summed E-state index contributed by atoms with van der Waals surface area (Å²) in [6, 6.07) is 23.9. The van der Waals surface area contributed by atoms with Gasteiger partial charge in [-0.05, 0) is 67.8 Å². The normalized spacial score (nSPS) is 14.2. The molecular formula is C25H26N2O2. The first-order chi connectivity index (χ1) is 14.3. The summed E-state index contributed by atoms with van der Waals surface area (Å²) >= 11 is 0. The fourth-order valence-electron chi connectivity index (χ4n) is 3.52. The van der Waals surface area contributed by atoms with Crippen LogP contribution >= 0.6 is 0 Å². The Morgan fingerprint density at radius 1 is 0.828 bits per heavy atom. The number of aliphatic imine (C=N–C) groups is 1. The number of ether oxygens (including phenoxy) is 2. The smallest absolute Gasteiger partial charge is 0.129 e. The number of rotatable bonds is 6. The third-order valence-corrected chi connectivity index (χ3v) is 5.11. The zero-order valence-electron chi connectivity index (χ0n) is 16.8. The maximum absolute atomic E-state index is 5.83. The quantitative estimate of drug-likeness (QED) is 0.471. The first-order valence-electron chi connectivity index (χ1n) is 10.1. The Labute approximate surface area is 172 Å². The first kappa shape index (κ1) is 19.1. The molecule has 3 aromatic rings. The molecule has 0 aromatic heterocycles. The van der Waals surface area contributed by atoms with Crippen LogP contribution in [-0.2, 0) is 0 Å². The van der Waals surface area contributed by atoms with Crippen LogP contribution in [0.1, 0.15) is 24.8 Å². The van der Waals surface area contributed by atoms with Crippen molar-refractivity contribution in [1.29, 1.82) is 0 Å². The van der Waals surface area contributed by atoms with E-state index in [1.54, 1.807) is 7.11 Å². The molecule has 0 radical (unpaired) electrons. The highest BCUT2D eigenvalue weighted by Crippen LogP contribution is 2.28. The van der Waals surface area contributed by atoms with Gasteiger partial charge in [-0.15, -0.1) is 0 Å². The molecule has 0 amide bonds. The topological polar surface area (TPSA) is 34.1 Å². The Balaban J connectivity index is 1.45. The van der Waals surface area contributed by atoms with Crippen molar-refractivity contribution in [1.82, 2.24) is 0 Å². The second kappa shape index (κ2) is 9.28. The molecule has 1 fully saturated rings. The highest BCUT2D eigenvalue weighted by Gasteiger charge is 2.12. The van der Waals surface area contributed by atoms with Crippen LogP contribution in [0.5, 0.6) is 17.2 Å². The lowest BCUT2D eigenvalue weighted by Gasteiger charge is -2.29. The molecule has 4 heteroatoms. The van der Waals surface area contributed by atoms with Gasteiger partial charge < -0.3 is 14.4 Å². The van der Waals surface area contributed by atoms with E-state index in [4.69, 9.17) is 9.47 Å². The van der Waals surface area contributed by atoms with Crippen molar-refractivity contribution >= 4 is 17.6 Å². The molecule has 0 bridgehead atoms. The van der Waals surface area contributed by atoms with Gasteiger partial charge in [0.05, 0.1) is 12.8 Å². The molecular weight excluding hydrogens is 360 g/mol. The number of para-hydroxylation sites is 1. The van der Waals surface area contributed by atoms with Crippen molar-refractivity contribution in [3.05, 3.63) is 78.4 Å². The van der Waals surface area contributed by atoms with Crippen LogP contribution in [0.2, 0.25) is 0 Å². The molecule has 4 nitrogen and oxygen atoms in total. The van der Waals surface area contributed by atoms with Gasteiger partial charge in [0.25, 0.3) is 0 Å². The fraction of sp³-hybridized carbons (Fsp3) is 0.240. The Morgan fingerprint density at radius 3 is 2.28 bits per heavy atom. The molecule has 1 saturated heterocycles. The number of nitrogens with zero attached hydrogens (tertiary/aromatic N) is 2. The van der Waals surface area contributed by atoms with E-state index in [1.165, 1.54) is 24.9 Å². The minimum absolute atomic E-state index is 0.790. The SMILES string of the molecule is COc1cc(N2CCCCC2)ccc1C=Nc1ccc(Oc2ccccc2)cc1. The Bertz CT molecular complexity index is 946. The molecule has 4 rings (SSSR count). The molecule has 0 N–H and O–H groups in total. The van der Waals surface area contributed by atoms with Crippen LogP contribution in [0.4, 0.5) is 11.4 Å².